The lowest BCUT2D eigenvalue weighted by Crippen LogP contribution is -2.37. The fraction of sp³-hybridized carbons (Fsp3) is 0.111. The smallest absolute Gasteiger partial charge is 0.329 e. The van der Waals surface area contributed by atoms with Gasteiger partial charge in [0.05, 0.1) is 5.52 Å². The highest BCUT2D eigenvalue weighted by molar-refractivity contribution is 6.33. The van der Waals surface area contributed by atoms with E-state index in [0.717, 1.165) is 0 Å². The molecule has 2 aromatic rings. The van der Waals surface area contributed by atoms with E-state index in [2.05, 4.69) is 9.97 Å². The van der Waals surface area contributed by atoms with E-state index in [-0.39, 0.29) is 16.1 Å². The van der Waals surface area contributed by atoms with Crippen LogP contribution in [0.4, 0.5) is 0 Å². The molecule has 2 N–H and O–H groups in total. The Kier molecular flexibility index (Phi) is 2.68. The van der Waals surface area contributed by atoms with Gasteiger partial charge in [-0.25, -0.2) is 14.3 Å². The summed E-state index contributed by atoms with van der Waals surface area (Å²) < 4.78 is 0.554. The van der Waals surface area contributed by atoms with Crippen molar-refractivity contribution in [3.8, 4) is 0 Å². The highest BCUT2D eigenvalue weighted by atomic mass is 35.5. The summed E-state index contributed by atoms with van der Waals surface area (Å²) in [6, 6.07) is 1.41. The standard InChI is InChI=1S/C9H6ClN3O4/c10-7-6-4(1-2-11-7)12-9(17)13(8(6)16)3-5(14)15/h1-2H,3H2,(H,12,17)(H,14,15). The molecule has 0 saturated heterocycles. The van der Waals surface area contributed by atoms with E-state index < -0.39 is 23.8 Å². The zero-order valence-corrected chi connectivity index (χ0v) is 9.06. The first-order valence-corrected chi connectivity index (χ1v) is 4.87. The van der Waals surface area contributed by atoms with Crippen molar-refractivity contribution in [2.24, 2.45) is 0 Å². The third kappa shape index (κ3) is 1.92. The largest absolute Gasteiger partial charge is 0.480 e. The number of aromatic amines is 1. The molecular weight excluding hydrogens is 250 g/mol. The second kappa shape index (κ2) is 4.02. The van der Waals surface area contributed by atoms with E-state index >= 15 is 0 Å². The number of H-pyrrole nitrogens is 1. The average molecular weight is 256 g/mol. The van der Waals surface area contributed by atoms with Gasteiger partial charge in [-0.3, -0.25) is 9.59 Å². The number of pyridine rings is 1. The van der Waals surface area contributed by atoms with Gasteiger partial charge < -0.3 is 10.1 Å². The zero-order valence-electron chi connectivity index (χ0n) is 8.31. The molecule has 0 radical (unpaired) electrons. The minimum Gasteiger partial charge on any atom is -0.480 e. The molecule has 88 valence electrons. The lowest BCUT2D eigenvalue weighted by molar-refractivity contribution is -0.137. The van der Waals surface area contributed by atoms with Gasteiger partial charge in [0.2, 0.25) is 0 Å². The molecule has 8 heteroatoms. The third-order valence-electron chi connectivity index (χ3n) is 2.14. The van der Waals surface area contributed by atoms with Crippen LogP contribution in [0.5, 0.6) is 0 Å². The fourth-order valence-corrected chi connectivity index (χ4v) is 1.67. The summed E-state index contributed by atoms with van der Waals surface area (Å²) in [6.45, 7) is -0.727. The molecule has 0 saturated carbocycles. The molecule has 0 amide bonds. The van der Waals surface area contributed by atoms with Gasteiger partial charge >= 0.3 is 11.7 Å². The Morgan fingerprint density at radius 2 is 2.24 bits per heavy atom. The number of nitrogens with one attached hydrogen (secondary N) is 1. The third-order valence-corrected chi connectivity index (χ3v) is 2.43. The van der Waals surface area contributed by atoms with E-state index in [1.807, 2.05) is 0 Å². The van der Waals surface area contributed by atoms with Gasteiger partial charge in [0.15, 0.2) is 0 Å². The SMILES string of the molecule is O=C(O)Cn1c(=O)[nH]c2ccnc(Cl)c2c1=O. The number of halogens is 1. The van der Waals surface area contributed by atoms with Gasteiger partial charge in [-0.2, -0.15) is 0 Å². The maximum Gasteiger partial charge on any atom is 0.329 e. The highest BCUT2D eigenvalue weighted by Gasteiger charge is 2.12. The molecule has 2 rings (SSSR count). The number of carboxylic acids is 1. The molecule has 0 aliphatic rings. The van der Waals surface area contributed by atoms with Crippen LogP contribution >= 0.6 is 11.6 Å². The zero-order chi connectivity index (χ0) is 12.6. The first-order chi connectivity index (χ1) is 8.00. The summed E-state index contributed by atoms with van der Waals surface area (Å²) in [7, 11) is 0. The fourth-order valence-electron chi connectivity index (χ4n) is 1.43. The molecule has 0 aromatic carbocycles. The number of nitrogens with zero attached hydrogens (tertiary/aromatic N) is 2. The predicted molar refractivity (Wildman–Crippen MR) is 59.3 cm³/mol. The van der Waals surface area contributed by atoms with Crippen LogP contribution in [-0.4, -0.2) is 25.6 Å². The van der Waals surface area contributed by atoms with Crippen LogP contribution in [-0.2, 0) is 11.3 Å². The van der Waals surface area contributed by atoms with Crippen molar-refractivity contribution < 1.29 is 9.90 Å². The number of carbonyl (C=O) groups is 1. The van der Waals surface area contributed by atoms with E-state index in [9.17, 15) is 14.4 Å². The minimum atomic E-state index is -1.29. The van der Waals surface area contributed by atoms with Crippen LogP contribution in [0.3, 0.4) is 0 Å². The van der Waals surface area contributed by atoms with E-state index in [1.165, 1.54) is 12.3 Å². The van der Waals surface area contributed by atoms with Gasteiger partial charge in [-0.05, 0) is 6.07 Å². The predicted octanol–water partition coefficient (Wildman–Crippen LogP) is -0.177. The van der Waals surface area contributed by atoms with Crippen LogP contribution in [0.15, 0.2) is 21.9 Å². The molecule has 7 nitrogen and oxygen atoms in total. The molecule has 0 fully saturated rings. The Balaban J connectivity index is 2.88. The maximum atomic E-state index is 11.9. The van der Waals surface area contributed by atoms with E-state index in [0.29, 0.717) is 4.57 Å². The Bertz CT molecular complexity index is 718. The lowest BCUT2D eigenvalue weighted by Gasteiger charge is -2.03. The monoisotopic (exact) mass is 255 g/mol. The van der Waals surface area contributed by atoms with Crippen LogP contribution in [0.1, 0.15) is 0 Å². The summed E-state index contributed by atoms with van der Waals surface area (Å²) in [5.74, 6) is -1.29. The van der Waals surface area contributed by atoms with Gasteiger partial charge in [0.1, 0.15) is 17.1 Å². The molecule has 0 spiro atoms. The van der Waals surface area contributed by atoms with Crippen molar-refractivity contribution in [1.82, 2.24) is 14.5 Å². The van der Waals surface area contributed by atoms with Gasteiger partial charge in [-0.15, -0.1) is 0 Å². The first-order valence-electron chi connectivity index (χ1n) is 4.50. The lowest BCUT2D eigenvalue weighted by atomic mass is 10.3. The van der Waals surface area contributed by atoms with Crippen LogP contribution in [0, 0.1) is 0 Å². The maximum absolute atomic E-state index is 11.9. The normalized spacial score (nSPS) is 10.6. The van der Waals surface area contributed by atoms with Gasteiger partial charge in [-0.1, -0.05) is 11.6 Å². The first kappa shape index (κ1) is 11.3. The number of aromatic nitrogens is 3. The van der Waals surface area contributed by atoms with Crippen molar-refractivity contribution in [2.45, 2.75) is 6.54 Å². The number of aliphatic carboxylic acids is 1. The van der Waals surface area contributed by atoms with Crippen molar-refractivity contribution >= 4 is 28.5 Å². The summed E-state index contributed by atoms with van der Waals surface area (Å²) >= 11 is 5.73. The number of hydrogen-bond donors (Lipinski definition) is 2. The second-order valence-electron chi connectivity index (χ2n) is 3.24. The number of fused-ring (bicyclic) bond motifs is 1. The molecule has 0 bridgehead atoms. The summed E-state index contributed by atoms with van der Waals surface area (Å²) in [4.78, 5) is 39.9. The number of rotatable bonds is 2. The summed E-state index contributed by atoms with van der Waals surface area (Å²) in [5.41, 5.74) is -1.35. The molecule has 2 heterocycles. The second-order valence-corrected chi connectivity index (χ2v) is 3.60. The van der Waals surface area contributed by atoms with Crippen molar-refractivity contribution in [2.75, 3.05) is 0 Å². The Morgan fingerprint density at radius 3 is 2.88 bits per heavy atom. The van der Waals surface area contributed by atoms with Gasteiger partial charge in [0.25, 0.3) is 5.56 Å². The quantitative estimate of drug-likeness (QED) is 0.725. The molecule has 2 aromatic heterocycles. The molecule has 0 aliphatic heterocycles. The number of carboxylic acid groups (broad SMARTS) is 1. The average Bonchev–Trinajstić information content (AvgIpc) is 2.23. The Hall–Kier alpha value is -2.15. The van der Waals surface area contributed by atoms with Crippen molar-refractivity contribution in [3.05, 3.63) is 38.3 Å². The summed E-state index contributed by atoms with van der Waals surface area (Å²) in [6.07, 6.45) is 1.33. The van der Waals surface area contributed by atoms with Crippen LogP contribution < -0.4 is 11.2 Å². The summed E-state index contributed by atoms with van der Waals surface area (Å²) in [5, 5.41) is 8.51. The Labute approximate surface area is 98.3 Å². The van der Waals surface area contributed by atoms with E-state index in [1.54, 1.807) is 0 Å². The topological polar surface area (TPSA) is 105 Å². The minimum absolute atomic E-state index is 0.00461. The molecule has 0 aliphatic carbocycles. The van der Waals surface area contributed by atoms with Crippen LogP contribution in [0.2, 0.25) is 5.15 Å². The highest BCUT2D eigenvalue weighted by Crippen LogP contribution is 2.13. The number of hydrogen-bond acceptors (Lipinski definition) is 4. The molecule has 0 atom stereocenters. The van der Waals surface area contributed by atoms with Gasteiger partial charge in [0, 0.05) is 6.20 Å². The van der Waals surface area contributed by atoms with Crippen LogP contribution in [0.25, 0.3) is 10.9 Å². The van der Waals surface area contributed by atoms with Crippen molar-refractivity contribution in [3.63, 3.8) is 0 Å². The Morgan fingerprint density at radius 1 is 1.53 bits per heavy atom. The molecule has 0 unspecified atom stereocenters. The van der Waals surface area contributed by atoms with Crippen molar-refractivity contribution in [1.29, 1.82) is 0 Å². The molecule has 17 heavy (non-hydrogen) atoms. The van der Waals surface area contributed by atoms with E-state index in [4.69, 9.17) is 16.7 Å². The molecular formula is C9H6ClN3O4.